The van der Waals surface area contributed by atoms with E-state index in [9.17, 15) is 9.90 Å². The number of nitrogens with one attached hydrogen (secondary N) is 3. The molecule has 9 nitrogen and oxygen atoms in total. The van der Waals surface area contributed by atoms with Gasteiger partial charge in [0.25, 0.3) is 5.91 Å². The normalized spacial score (nSPS) is 22.5. The second kappa shape index (κ2) is 12.0. The summed E-state index contributed by atoms with van der Waals surface area (Å²) in [5, 5.41) is 19.4. The second-order valence-electron chi connectivity index (χ2n) is 8.10. The smallest absolute Gasteiger partial charge is 0.256 e. The number of hydrogen-bond acceptors (Lipinski definition) is 8. The van der Waals surface area contributed by atoms with Crippen LogP contribution in [0.1, 0.15) is 55.8 Å². The van der Waals surface area contributed by atoms with Gasteiger partial charge in [0, 0.05) is 45.0 Å². The van der Waals surface area contributed by atoms with Gasteiger partial charge in [-0.05, 0) is 32.1 Å². The Morgan fingerprint density at radius 3 is 2.73 bits per heavy atom. The Bertz CT molecular complexity index is 660. The summed E-state index contributed by atoms with van der Waals surface area (Å²) < 4.78 is 5.36. The van der Waals surface area contributed by atoms with E-state index in [2.05, 4.69) is 37.7 Å². The fourth-order valence-corrected chi connectivity index (χ4v) is 3.78. The monoisotopic (exact) mass is 420 g/mol. The van der Waals surface area contributed by atoms with Crippen LogP contribution in [0.5, 0.6) is 0 Å². The molecule has 0 bridgehead atoms. The van der Waals surface area contributed by atoms with E-state index in [-0.39, 0.29) is 18.1 Å². The lowest BCUT2D eigenvalue weighted by molar-refractivity contribution is 0.0383. The van der Waals surface area contributed by atoms with Gasteiger partial charge in [0.2, 0.25) is 5.95 Å². The Morgan fingerprint density at radius 2 is 2.00 bits per heavy atom. The number of rotatable bonds is 10. The molecule has 168 valence electrons. The highest BCUT2D eigenvalue weighted by Crippen LogP contribution is 2.23. The number of amides is 1. The maximum Gasteiger partial charge on any atom is 0.256 e. The van der Waals surface area contributed by atoms with Gasteiger partial charge in [0.05, 0.1) is 19.3 Å². The number of nitrogens with zero attached hydrogens (tertiary/aromatic N) is 3. The second-order valence-corrected chi connectivity index (χ2v) is 8.10. The van der Waals surface area contributed by atoms with Crippen molar-refractivity contribution in [2.45, 2.75) is 57.6 Å². The minimum absolute atomic E-state index is 0.165. The zero-order valence-electron chi connectivity index (χ0n) is 18.0. The predicted molar refractivity (Wildman–Crippen MR) is 117 cm³/mol. The number of morpholine rings is 1. The number of aliphatic hydroxyl groups excluding tert-OH is 1. The highest BCUT2D eigenvalue weighted by Gasteiger charge is 2.22. The number of carbonyl (C=O) groups excluding carboxylic acids is 1. The molecule has 0 aromatic carbocycles. The molecular formula is C21H36N6O3. The van der Waals surface area contributed by atoms with Gasteiger partial charge < -0.3 is 25.8 Å². The van der Waals surface area contributed by atoms with Crippen molar-refractivity contribution in [1.29, 1.82) is 0 Å². The van der Waals surface area contributed by atoms with Crippen LogP contribution in [0.4, 0.5) is 11.8 Å². The maximum atomic E-state index is 12.8. The summed E-state index contributed by atoms with van der Waals surface area (Å²) >= 11 is 0. The van der Waals surface area contributed by atoms with Crippen molar-refractivity contribution in [3.05, 3.63) is 11.8 Å². The average Bonchev–Trinajstić information content (AvgIpc) is 2.76. The number of anilines is 2. The van der Waals surface area contributed by atoms with Crippen molar-refractivity contribution in [2.24, 2.45) is 0 Å². The number of hydrogen-bond donors (Lipinski definition) is 4. The van der Waals surface area contributed by atoms with E-state index in [1.165, 1.54) is 0 Å². The molecule has 1 saturated carbocycles. The Kier molecular flexibility index (Phi) is 9.10. The summed E-state index contributed by atoms with van der Waals surface area (Å²) in [5.41, 5.74) is 0.462. The first-order chi connectivity index (χ1) is 14.7. The molecule has 9 heteroatoms. The van der Waals surface area contributed by atoms with Gasteiger partial charge >= 0.3 is 0 Å². The Labute approximate surface area is 179 Å². The van der Waals surface area contributed by atoms with Crippen LogP contribution >= 0.6 is 0 Å². The average molecular weight is 421 g/mol. The minimum atomic E-state index is -0.220. The highest BCUT2D eigenvalue weighted by molar-refractivity contribution is 5.98. The SMILES string of the molecule is CCCCNc1ncc(C(=O)NCCN2CCOCC2)c(NC2CCC(O)CC2)n1. The highest BCUT2D eigenvalue weighted by atomic mass is 16.5. The van der Waals surface area contributed by atoms with Gasteiger partial charge in [-0.2, -0.15) is 4.98 Å². The van der Waals surface area contributed by atoms with Crippen molar-refractivity contribution in [3.8, 4) is 0 Å². The summed E-state index contributed by atoms with van der Waals surface area (Å²) in [7, 11) is 0. The molecule has 0 spiro atoms. The molecule has 1 aliphatic heterocycles. The fourth-order valence-electron chi connectivity index (χ4n) is 3.78. The molecule has 1 aromatic rings. The standard InChI is InChI=1S/C21H36N6O3/c1-2-3-8-23-21-24-15-18(19(26-21)25-16-4-6-17(28)7-5-16)20(29)22-9-10-27-11-13-30-14-12-27/h15-17,28H,2-14H2,1H3,(H,22,29)(H2,23,24,25,26). The van der Waals surface area contributed by atoms with Crippen LogP contribution in [-0.4, -0.2) is 84.0 Å². The molecule has 1 amide bonds. The van der Waals surface area contributed by atoms with Crippen LogP contribution in [-0.2, 0) is 4.74 Å². The van der Waals surface area contributed by atoms with E-state index in [1.54, 1.807) is 6.20 Å². The van der Waals surface area contributed by atoms with Crippen molar-refractivity contribution in [1.82, 2.24) is 20.2 Å². The zero-order valence-corrected chi connectivity index (χ0v) is 18.0. The number of ether oxygens (including phenoxy) is 1. The van der Waals surface area contributed by atoms with Crippen molar-refractivity contribution >= 4 is 17.7 Å². The molecule has 3 rings (SSSR count). The van der Waals surface area contributed by atoms with E-state index < -0.39 is 0 Å². The zero-order chi connectivity index (χ0) is 21.2. The van der Waals surface area contributed by atoms with Crippen LogP contribution in [0.3, 0.4) is 0 Å². The van der Waals surface area contributed by atoms with Gasteiger partial charge in [0.1, 0.15) is 11.4 Å². The fraction of sp³-hybridized carbons (Fsp3) is 0.762. The van der Waals surface area contributed by atoms with Gasteiger partial charge in [-0.25, -0.2) is 4.98 Å². The van der Waals surface area contributed by atoms with Crippen LogP contribution < -0.4 is 16.0 Å². The Morgan fingerprint density at radius 1 is 1.23 bits per heavy atom. The van der Waals surface area contributed by atoms with Gasteiger partial charge in [-0.3, -0.25) is 9.69 Å². The minimum Gasteiger partial charge on any atom is -0.393 e. The van der Waals surface area contributed by atoms with E-state index >= 15 is 0 Å². The van der Waals surface area contributed by atoms with Crippen LogP contribution in [0.2, 0.25) is 0 Å². The first-order valence-electron chi connectivity index (χ1n) is 11.3. The topological polar surface area (TPSA) is 112 Å². The Hall–Kier alpha value is -1.97. The molecule has 0 radical (unpaired) electrons. The van der Waals surface area contributed by atoms with Crippen LogP contribution in [0.15, 0.2) is 6.20 Å². The largest absolute Gasteiger partial charge is 0.393 e. The van der Waals surface area contributed by atoms with E-state index in [0.29, 0.717) is 23.9 Å². The summed E-state index contributed by atoms with van der Waals surface area (Å²) in [6.45, 7) is 7.61. The van der Waals surface area contributed by atoms with E-state index in [4.69, 9.17) is 4.74 Å². The first kappa shape index (κ1) is 22.7. The van der Waals surface area contributed by atoms with E-state index in [0.717, 1.165) is 77.9 Å². The van der Waals surface area contributed by atoms with Crippen molar-refractivity contribution in [3.63, 3.8) is 0 Å². The molecule has 1 aromatic heterocycles. The molecule has 30 heavy (non-hydrogen) atoms. The summed E-state index contributed by atoms with van der Waals surface area (Å²) in [6.07, 6.45) is 6.77. The maximum absolute atomic E-state index is 12.8. The molecule has 4 N–H and O–H groups in total. The Balaban J connectivity index is 1.61. The van der Waals surface area contributed by atoms with Crippen LogP contribution in [0, 0.1) is 0 Å². The first-order valence-corrected chi connectivity index (χ1v) is 11.3. The lowest BCUT2D eigenvalue weighted by atomic mass is 9.93. The summed E-state index contributed by atoms with van der Waals surface area (Å²) in [4.78, 5) is 24.1. The number of unbranched alkanes of at least 4 members (excludes halogenated alkanes) is 1. The molecule has 2 heterocycles. The summed E-state index contributed by atoms with van der Waals surface area (Å²) in [5.74, 6) is 0.933. The summed E-state index contributed by atoms with van der Waals surface area (Å²) in [6, 6.07) is 0.201. The molecule has 1 saturated heterocycles. The third-order valence-electron chi connectivity index (χ3n) is 5.70. The molecule has 0 unspecified atom stereocenters. The quantitative estimate of drug-likeness (QED) is 0.421. The predicted octanol–water partition coefficient (Wildman–Crippen LogP) is 1.47. The molecule has 0 atom stereocenters. The van der Waals surface area contributed by atoms with Gasteiger partial charge in [-0.1, -0.05) is 13.3 Å². The lowest BCUT2D eigenvalue weighted by Crippen LogP contribution is -2.41. The number of carbonyl (C=O) groups is 1. The van der Waals surface area contributed by atoms with E-state index in [1.807, 2.05) is 0 Å². The third kappa shape index (κ3) is 7.07. The van der Waals surface area contributed by atoms with Crippen LogP contribution in [0.25, 0.3) is 0 Å². The van der Waals surface area contributed by atoms with Gasteiger partial charge in [0.15, 0.2) is 0 Å². The van der Waals surface area contributed by atoms with Crippen molar-refractivity contribution in [2.75, 3.05) is 56.6 Å². The molecule has 2 aliphatic rings. The molecule has 1 aliphatic carbocycles. The lowest BCUT2D eigenvalue weighted by Gasteiger charge is -2.27. The number of aromatic nitrogens is 2. The molecule has 2 fully saturated rings. The third-order valence-corrected chi connectivity index (χ3v) is 5.70. The number of aliphatic hydroxyl groups is 1. The van der Waals surface area contributed by atoms with Crippen molar-refractivity contribution < 1.29 is 14.6 Å². The molecular weight excluding hydrogens is 384 g/mol. The van der Waals surface area contributed by atoms with Gasteiger partial charge in [-0.15, -0.1) is 0 Å².